The normalized spacial score (nSPS) is 13.3. The average Bonchev–Trinajstić information content (AvgIpc) is 2.61. The van der Waals surface area contributed by atoms with Gasteiger partial charge in [0, 0.05) is 11.8 Å². The zero-order chi connectivity index (χ0) is 16.7. The highest BCUT2D eigenvalue weighted by molar-refractivity contribution is 7.92. The summed E-state index contributed by atoms with van der Waals surface area (Å²) in [6, 6.07) is 16.0. The lowest BCUT2D eigenvalue weighted by Crippen LogP contribution is -2.33. The lowest BCUT2D eigenvalue weighted by molar-refractivity contribution is 0.583. The number of nitrogens with zero attached hydrogens (tertiary/aromatic N) is 2. The highest BCUT2D eigenvalue weighted by atomic mass is 32.2. The van der Waals surface area contributed by atoms with Crippen LogP contribution in [0, 0.1) is 5.82 Å². The molecule has 0 aliphatic carbocycles. The number of halogens is 1. The Morgan fingerprint density at radius 3 is 2.46 bits per heavy atom. The minimum Gasteiger partial charge on any atom is -0.261 e. The molecule has 0 atom stereocenters. The van der Waals surface area contributed by atoms with Crippen LogP contribution in [0.15, 0.2) is 71.9 Å². The molecule has 1 aliphatic heterocycles. The van der Waals surface area contributed by atoms with Gasteiger partial charge in [0.2, 0.25) is 0 Å². The van der Waals surface area contributed by atoms with Gasteiger partial charge in [-0.05, 0) is 23.3 Å². The number of sulfonamides is 1. The van der Waals surface area contributed by atoms with Crippen molar-refractivity contribution in [2.45, 2.75) is 11.4 Å². The molecule has 6 heteroatoms. The van der Waals surface area contributed by atoms with E-state index in [0.717, 1.165) is 29.0 Å². The predicted molar refractivity (Wildman–Crippen MR) is 89.4 cm³/mol. The molecule has 4 rings (SSSR count). The van der Waals surface area contributed by atoms with Crippen molar-refractivity contribution < 1.29 is 12.8 Å². The molecule has 4 nitrogen and oxygen atoms in total. The third-order valence-electron chi connectivity index (χ3n) is 4.06. The van der Waals surface area contributed by atoms with Gasteiger partial charge in [0.25, 0.3) is 10.0 Å². The van der Waals surface area contributed by atoms with Crippen molar-refractivity contribution in [2.24, 2.45) is 0 Å². The van der Waals surface area contributed by atoms with E-state index in [1.54, 1.807) is 12.1 Å². The second kappa shape index (κ2) is 5.42. The molecule has 0 saturated carbocycles. The van der Waals surface area contributed by atoms with Crippen molar-refractivity contribution in [2.75, 3.05) is 4.31 Å². The molecule has 1 aliphatic rings. The molecule has 0 fully saturated rings. The number of aromatic nitrogens is 1. The summed E-state index contributed by atoms with van der Waals surface area (Å²) in [5, 5.41) is 0. The third kappa shape index (κ3) is 2.27. The molecule has 0 unspecified atom stereocenters. The topological polar surface area (TPSA) is 50.3 Å². The van der Waals surface area contributed by atoms with Crippen LogP contribution in [-0.4, -0.2) is 13.4 Å². The van der Waals surface area contributed by atoms with Crippen molar-refractivity contribution >= 4 is 15.7 Å². The summed E-state index contributed by atoms with van der Waals surface area (Å²) in [6.45, 7) is 0.200. The molecule has 2 aromatic carbocycles. The Morgan fingerprint density at radius 1 is 0.958 bits per heavy atom. The van der Waals surface area contributed by atoms with E-state index in [0.29, 0.717) is 5.69 Å². The Kier molecular flexibility index (Phi) is 3.35. The van der Waals surface area contributed by atoms with Gasteiger partial charge in [-0.25, -0.2) is 12.8 Å². The van der Waals surface area contributed by atoms with Crippen LogP contribution in [0.25, 0.3) is 11.1 Å². The number of pyridine rings is 1. The van der Waals surface area contributed by atoms with Crippen LogP contribution in [0.2, 0.25) is 0 Å². The number of benzene rings is 2. The summed E-state index contributed by atoms with van der Waals surface area (Å²) < 4.78 is 40.8. The standard InChI is InChI=1S/C18H13FN2O2S/c19-14-9-15(11-20-10-14)24(22,23)21-12-13-5-1-2-6-16(13)17-7-3-4-8-18(17)21/h1-11H,12H2. The Morgan fingerprint density at radius 2 is 1.67 bits per heavy atom. The van der Waals surface area contributed by atoms with Crippen molar-refractivity contribution in [1.82, 2.24) is 4.98 Å². The van der Waals surface area contributed by atoms with Crippen molar-refractivity contribution in [3.05, 3.63) is 78.4 Å². The summed E-state index contributed by atoms with van der Waals surface area (Å²) in [7, 11) is -3.91. The number of anilines is 1. The lowest BCUT2D eigenvalue weighted by atomic mass is 9.95. The van der Waals surface area contributed by atoms with Gasteiger partial charge in [-0.15, -0.1) is 0 Å². The maximum absolute atomic E-state index is 13.5. The Bertz CT molecular complexity index is 1030. The van der Waals surface area contributed by atoms with Gasteiger partial charge in [-0.1, -0.05) is 42.5 Å². The summed E-state index contributed by atoms with van der Waals surface area (Å²) in [5.74, 6) is -0.679. The fourth-order valence-corrected chi connectivity index (χ4v) is 4.39. The number of para-hydroxylation sites is 1. The van der Waals surface area contributed by atoms with E-state index in [2.05, 4.69) is 4.98 Å². The molecule has 3 aromatic rings. The van der Waals surface area contributed by atoms with Crippen molar-refractivity contribution in [3.63, 3.8) is 0 Å². The largest absolute Gasteiger partial charge is 0.266 e. The van der Waals surface area contributed by atoms with E-state index in [4.69, 9.17) is 0 Å². The maximum atomic E-state index is 13.5. The van der Waals surface area contributed by atoms with E-state index >= 15 is 0 Å². The van der Waals surface area contributed by atoms with E-state index < -0.39 is 15.8 Å². The van der Waals surface area contributed by atoms with E-state index in [1.165, 1.54) is 10.5 Å². The average molecular weight is 340 g/mol. The SMILES string of the molecule is O=S(=O)(c1cncc(F)c1)N1Cc2ccccc2-c2ccccc21. The van der Waals surface area contributed by atoms with Crippen LogP contribution >= 0.6 is 0 Å². The van der Waals surface area contributed by atoms with Crippen molar-refractivity contribution in [1.29, 1.82) is 0 Å². The smallest absolute Gasteiger partial charge is 0.261 e. The van der Waals surface area contributed by atoms with Gasteiger partial charge in [0.15, 0.2) is 0 Å². The number of hydrogen-bond acceptors (Lipinski definition) is 3. The molecular formula is C18H13FN2O2S. The van der Waals surface area contributed by atoms with Crippen LogP contribution in [0.1, 0.15) is 5.56 Å². The van der Waals surface area contributed by atoms with Crippen LogP contribution < -0.4 is 4.31 Å². The Labute approximate surface area is 139 Å². The monoisotopic (exact) mass is 340 g/mol. The minimum absolute atomic E-state index is 0.156. The summed E-state index contributed by atoms with van der Waals surface area (Å²) in [4.78, 5) is 3.51. The van der Waals surface area contributed by atoms with Gasteiger partial charge in [-0.3, -0.25) is 9.29 Å². The number of rotatable bonds is 2. The molecule has 24 heavy (non-hydrogen) atoms. The molecule has 0 bridgehead atoms. The van der Waals surface area contributed by atoms with Gasteiger partial charge >= 0.3 is 0 Å². The third-order valence-corrected chi connectivity index (χ3v) is 5.79. The second-order valence-electron chi connectivity index (χ2n) is 5.52. The first-order chi connectivity index (χ1) is 11.6. The van der Waals surface area contributed by atoms with E-state index in [1.807, 2.05) is 36.4 Å². The molecule has 120 valence electrons. The highest BCUT2D eigenvalue weighted by Crippen LogP contribution is 2.41. The highest BCUT2D eigenvalue weighted by Gasteiger charge is 2.31. The first-order valence-corrected chi connectivity index (χ1v) is 8.82. The molecule has 1 aromatic heterocycles. The Hall–Kier alpha value is -2.73. The van der Waals surface area contributed by atoms with Crippen LogP contribution in [0.3, 0.4) is 0 Å². The maximum Gasteiger partial charge on any atom is 0.266 e. The molecular weight excluding hydrogens is 327 g/mol. The molecule has 0 amide bonds. The quantitative estimate of drug-likeness (QED) is 0.716. The lowest BCUT2D eigenvalue weighted by Gasteiger charge is -2.31. The van der Waals surface area contributed by atoms with Gasteiger partial charge in [0.1, 0.15) is 10.7 Å². The zero-order valence-electron chi connectivity index (χ0n) is 12.6. The molecule has 0 N–H and O–H groups in total. The summed E-state index contributed by atoms with van der Waals surface area (Å²) >= 11 is 0. The molecule has 0 spiro atoms. The number of hydrogen-bond donors (Lipinski definition) is 0. The first kappa shape index (κ1) is 14.8. The first-order valence-electron chi connectivity index (χ1n) is 7.38. The minimum atomic E-state index is -3.91. The van der Waals surface area contributed by atoms with E-state index in [-0.39, 0.29) is 11.4 Å². The Balaban J connectivity index is 1.91. The zero-order valence-corrected chi connectivity index (χ0v) is 13.4. The number of fused-ring (bicyclic) bond motifs is 3. The fourth-order valence-electron chi connectivity index (χ4n) is 2.95. The molecule has 0 saturated heterocycles. The molecule has 0 radical (unpaired) electrons. The van der Waals surface area contributed by atoms with Crippen molar-refractivity contribution in [3.8, 4) is 11.1 Å². The summed E-state index contributed by atoms with van der Waals surface area (Å²) in [5.41, 5.74) is 3.34. The molecule has 2 heterocycles. The predicted octanol–water partition coefficient (Wildman–Crippen LogP) is 3.60. The van der Waals surface area contributed by atoms with Gasteiger partial charge in [-0.2, -0.15) is 0 Å². The van der Waals surface area contributed by atoms with Crippen LogP contribution in [0.4, 0.5) is 10.1 Å². The van der Waals surface area contributed by atoms with Crippen LogP contribution in [0.5, 0.6) is 0 Å². The van der Waals surface area contributed by atoms with Crippen LogP contribution in [-0.2, 0) is 16.6 Å². The summed E-state index contributed by atoms with van der Waals surface area (Å²) in [6.07, 6.45) is 2.15. The van der Waals surface area contributed by atoms with E-state index in [9.17, 15) is 12.8 Å². The fraction of sp³-hybridized carbons (Fsp3) is 0.0556. The second-order valence-corrected chi connectivity index (χ2v) is 7.39. The van der Waals surface area contributed by atoms with Gasteiger partial charge in [0.05, 0.1) is 18.4 Å². The van der Waals surface area contributed by atoms with Gasteiger partial charge < -0.3 is 0 Å².